The summed E-state index contributed by atoms with van der Waals surface area (Å²) in [6.07, 6.45) is 1.02. The molecule has 0 aliphatic carbocycles. The minimum Gasteiger partial charge on any atom is -0.493 e. The maximum atomic E-state index is 13.3. The van der Waals surface area contributed by atoms with Crippen LogP contribution in [0.4, 0.5) is 4.39 Å². The lowest BCUT2D eigenvalue weighted by molar-refractivity contribution is 0.313. The van der Waals surface area contributed by atoms with Crippen molar-refractivity contribution in [2.75, 3.05) is 18.1 Å². The van der Waals surface area contributed by atoms with Crippen LogP contribution < -0.4 is 10.1 Å². The molecule has 0 spiro atoms. The number of ether oxygens (including phenoxy) is 1. The summed E-state index contributed by atoms with van der Waals surface area (Å²) in [7, 11) is 0. The van der Waals surface area contributed by atoms with Gasteiger partial charge >= 0.3 is 0 Å². The summed E-state index contributed by atoms with van der Waals surface area (Å²) >= 11 is 1.91. The van der Waals surface area contributed by atoms with Crippen LogP contribution in [0.5, 0.6) is 5.75 Å². The zero-order valence-electron chi connectivity index (χ0n) is 12.0. The summed E-state index contributed by atoms with van der Waals surface area (Å²) in [6.45, 7) is 7.62. The maximum absolute atomic E-state index is 13.3. The summed E-state index contributed by atoms with van der Waals surface area (Å²) in [6, 6.07) is 5.09. The molecular weight excluding hydrogens is 261 g/mol. The van der Waals surface area contributed by atoms with E-state index in [9.17, 15) is 4.39 Å². The first-order valence-electron chi connectivity index (χ1n) is 6.85. The average Bonchev–Trinajstić information content (AvgIpc) is 2.38. The fourth-order valence-corrected chi connectivity index (χ4v) is 2.24. The summed E-state index contributed by atoms with van der Waals surface area (Å²) < 4.78 is 19.0. The Kier molecular flexibility index (Phi) is 7.91. The highest BCUT2D eigenvalue weighted by Crippen LogP contribution is 2.20. The molecule has 0 aromatic heterocycles. The Balaban J connectivity index is 2.50. The molecule has 0 atom stereocenters. The topological polar surface area (TPSA) is 21.3 Å². The molecule has 1 rings (SSSR count). The summed E-state index contributed by atoms with van der Waals surface area (Å²) in [5.74, 6) is 2.82. The molecule has 0 saturated heterocycles. The second-order valence-corrected chi connectivity index (χ2v) is 6.08. The third-order valence-electron chi connectivity index (χ3n) is 2.62. The van der Waals surface area contributed by atoms with Gasteiger partial charge in [0.2, 0.25) is 0 Å². The van der Waals surface area contributed by atoms with E-state index in [2.05, 4.69) is 26.1 Å². The van der Waals surface area contributed by atoms with Crippen molar-refractivity contribution in [3.05, 3.63) is 29.6 Å². The maximum Gasteiger partial charge on any atom is 0.123 e. The lowest BCUT2D eigenvalue weighted by Gasteiger charge is -2.14. The molecule has 0 aliphatic rings. The molecule has 1 aromatic carbocycles. The molecule has 4 heteroatoms. The van der Waals surface area contributed by atoms with Crippen molar-refractivity contribution >= 4 is 11.8 Å². The van der Waals surface area contributed by atoms with Gasteiger partial charge in [0, 0.05) is 18.2 Å². The van der Waals surface area contributed by atoms with E-state index in [1.165, 1.54) is 6.07 Å². The van der Waals surface area contributed by atoms with Gasteiger partial charge in [-0.2, -0.15) is 11.8 Å². The van der Waals surface area contributed by atoms with Crippen LogP contribution in [0, 0.1) is 5.82 Å². The molecule has 0 amide bonds. The van der Waals surface area contributed by atoms with Crippen LogP contribution in [0.15, 0.2) is 18.2 Å². The molecule has 1 aromatic rings. The van der Waals surface area contributed by atoms with Gasteiger partial charge in [0.15, 0.2) is 0 Å². The zero-order valence-corrected chi connectivity index (χ0v) is 12.9. The van der Waals surface area contributed by atoms with Gasteiger partial charge in [-0.15, -0.1) is 0 Å². The van der Waals surface area contributed by atoms with Gasteiger partial charge in [0.05, 0.1) is 6.61 Å². The molecule has 0 radical (unpaired) electrons. The van der Waals surface area contributed by atoms with Crippen molar-refractivity contribution < 1.29 is 9.13 Å². The Hall–Kier alpha value is -0.740. The first kappa shape index (κ1) is 16.3. The lowest BCUT2D eigenvalue weighted by atomic mass is 10.2. The molecular formula is C15H24FNOS. The smallest absolute Gasteiger partial charge is 0.123 e. The highest BCUT2D eigenvalue weighted by atomic mass is 32.2. The van der Waals surface area contributed by atoms with Crippen molar-refractivity contribution in [1.82, 2.24) is 5.32 Å². The van der Waals surface area contributed by atoms with Crippen LogP contribution in [0.3, 0.4) is 0 Å². The molecule has 0 saturated carbocycles. The number of hydrogen-bond donors (Lipinski definition) is 1. The van der Waals surface area contributed by atoms with Crippen LogP contribution >= 0.6 is 11.8 Å². The Morgan fingerprint density at radius 2 is 2.16 bits per heavy atom. The third-order valence-corrected chi connectivity index (χ3v) is 3.60. The molecule has 0 fully saturated rings. The first-order chi connectivity index (χ1) is 9.13. The Bertz CT molecular complexity index is 371. The van der Waals surface area contributed by atoms with Crippen LogP contribution in [-0.4, -0.2) is 24.2 Å². The third kappa shape index (κ3) is 6.83. The van der Waals surface area contributed by atoms with Crippen molar-refractivity contribution in [3.63, 3.8) is 0 Å². The van der Waals surface area contributed by atoms with Gasteiger partial charge in [-0.25, -0.2) is 4.39 Å². The minimum absolute atomic E-state index is 0.213. The second-order valence-electron chi connectivity index (χ2n) is 4.69. The molecule has 19 heavy (non-hydrogen) atoms. The fraction of sp³-hybridized carbons (Fsp3) is 0.600. The highest BCUT2D eigenvalue weighted by molar-refractivity contribution is 7.99. The Morgan fingerprint density at radius 3 is 2.84 bits per heavy atom. The van der Waals surface area contributed by atoms with E-state index in [1.54, 1.807) is 12.1 Å². The van der Waals surface area contributed by atoms with Gasteiger partial charge in [-0.05, 0) is 36.1 Å². The average molecular weight is 285 g/mol. The number of nitrogens with one attached hydrogen (secondary N) is 1. The van der Waals surface area contributed by atoms with Crippen molar-refractivity contribution in [2.24, 2.45) is 0 Å². The minimum atomic E-state index is -0.213. The van der Waals surface area contributed by atoms with Gasteiger partial charge in [0.25, 0.3) is 0 Å². The first-order valence-corrected chi connectivity index (χ1v) is 8.01. The standard InChI is InChI=1S/C15H24FNOS/c1-4-19-9-5-8-18-15-7-6-14(16)10-13(15)11-17-12(2)3/h6-7,10,12,17H,4-5,8-9,11H2,1-3H3. The predicted octanol–water partition coefficient (Wildman–Crippen LogP) is 3.85. The summed E-state index contributed by atoms with van der Waals surface area (Å²) in [4.78, 5) is 0. The molecule has 0 unspecified atom stereocenters. The largest absolute Gasteiger partial charge is 0.493 e. The monoisotopic (exact) mass is 285 g/mol. The quantitative estimate of drug-likeness (QED) is 0.696. The molecule has 0 bridgehead atoms. The fourth-order valence-electron chi connectivity index (χ4n) is 1.63. The molecule has 2 nitrogen and oxygen atoms in total. The van der Waals surface area contributed by atoms with Gasteiger partial charge in [-0.1, -0.05) is 20.8 Å². The van der Waals surface area contributed by atoms with E-state index in [1.807, 2.05) is 11.8 Å². The molecule has 108 valence electrons. The highest BCUT2D eigenvalue weighted by Gasteiger charge is 2.06. The van der Waals surface area contributed by atoms with Gasteiger partial charge in [-0.3, -0.25) is 0 Å². The number of benzene rings is 1. The van der Waals surface area contributed by atoms with E-state index in [4.69, 9.17) is 4.74 Å². The van der Waals surface area contributed by atoms with E-state index >= 15 is 0 Å². The molecule has 0 heterocycles. The number of thioether (sulfide) groups is 1. The van der Waals surface area contributed by atoms with Crippen molar-refractivity contribution in [3.8, 4) is 5.75 Å². The van der Waals surface area contributed by atoms with Crippen LogP contribution in [-0.2, 0) is 6.54 Å². The molecule has 0 aliphatic heterocycles. The predicted molar refractivity (Wildman–Crippen MR) is 81.5 cm³/mol. The number of halogens is 1. The van der Waals surface area contributed by atoms with Crippen molar-refractivity contribution in [2.45, 2.75) is 39.8 Å². The van der Waals surface area contributed by atoms with Crippen molar-refractivity contribution in [1.29, 1.82) is 0 Å². The van der Waals surface area contributed by atoms with Gasteiger partial charge < -0.3 is 10.1 Å². The van der Waals surface area contributed by atoms with E-state index in [0.717, 1.165) is 29.2 Å². The second kappa shape index (κ2) is 9.21. The van der Waals surface area contributed by atoms with E-state index in [-0.39, 0.29) is 5.82 Å². The van der Waals surface area contributed by atoms with E-state index < -0.39 is 0 Å². The number of hydrogen-bond acceptors (Lipinski definition) is 3. The zero-order chi connectivity index (χ0) is 14.1. The van der Waals surface area contributed by atoms with Crippen LogP contribution in [0.1, 0.15) is 32.8 Å². The summed E-state index contributed by atoms with van der Waals surface area (Å²) in [5.41, 5.74) is 0.886. The van der Waals surface area contributed by atoms with E-state index in [0.29, 0.717) is 19.2 Å². The van der Waals surface area contributed by atoms with Crippen LogP contribution in [0.2, 0.25) is 0 Å². The lowest BCUT2D eigenvalue weighted by Crippen LogP contribution is -2.22. The SMILES string of the molecule is CCSCCCOc1ccc(F)cc1CNC(C)C. The summed E-state index contributed by atoms with van der Waals surface area (Å²) in [5, 5.41) is 3.29. The molecule has 1 N–H and O–H groups in total. The number of rotatable bonds is 9. The van der Waals surface area contributed by atoms with Gasteiger partial charge in [0.1, 0.15) is 11.6 Å². The normalized spacial score (nSPS) is 11.0. The van der Waals surface area contributed by atoms with Crippen LogP contribution in [0.25, 0.3) is 0 Å². The Labute approximate surface area is 120 Å². The Morgan fingerprint density at radius 1 is 1.37 bits per heavy atom.